The van der Waals surface area contributed by atoms with Gasteiger partial charge in [0.1, 0.15) is 6.04 Å². The van der Waals surface area contributed by atoms with E-state index in [0.29, 0.717) is 17.0 Å². The lowest BCUT2D eigenvalue weighted by Crippen LogP contribution is -2.36. The number of nitrogens with zero attached hydrogens (tertiary/aromatic N) is 2. The van der Waals surface area contributed by atoms with Crippen molar-refractivity contribution >= 4 is 29.1 Å². The van der Waals surface area contributed by atoms with Crippen LogP contribution in [0.1, 0.15) is 16.8 Å². The highest BCUT2D eigenvalue weighted by atomic mass is 35.5. The zero-order valence-corrected chi connectivity index (χ0v) is 13.0. The molecule has 2 aliphatic rings. The maximum Gasteiger partial charge on any atom is 0.190 e. The van der Waals surface area contributed by atoms with E-state index < -0.39 is 0 Å². The van der Waals surface area contributed by atoms with Crippen molar-refractivity contribution in [3.8, 4) is 6.07 Å². The van der Waals surface area contributed by atoms with E-state index in [1.807, 2.05) is 17.2 Å². The van der Waals surface area contributed by atoms with Gasteiger partial charge in [0.05, 0.1) is 17.3 Å². The predicted octanol–water partition coefficient (Wildman–Crippen LogP) is 3.64. The van der Waals surface area contributed by atoms with Gasteiger partial charge in [-0.15, -0.1) is 11.8 Å². The summed E-state index contributed by atoms with van der Waals surface area (Å²) in [7, 11) is 0. The highest BCUT2D eigenvalue weighted by Gasteiger charge is 2.39. The molecule has 1 aromatic rings. The van der Waals surface area contributed by atoms with Gasteiger partial charge in [0.2, 0.25) is 0 Å². The van der Waals surface area contributed by atoms with Gasteiger partial charge in [0, 0.05) is 28.5 Å². The van der Waals surface area contributed by atoms with Crippen LogP contribution in [0.2, 0.25) is 5.02 Å². The average molecular weight is 317 g/mol. The first-order valence-electron chi connectivity index (χ1n) is 6.61. The number of nitriles is 1. The summed E-state index contributed by atoms with van der Waals surface area (Å²) >= 11 is 7.44. The van der Waals surface area contributed by atoms with Crippen molar-refractivity contribution in [3.05, 3.63) is 57.1 Å². The largest absolute Gasteiger partial charge is 0.356 e. The molecule has 3 nitrogen and oxygen atoms in total. The number of hydrogen-bond acceptors (Lipinski definition) is 4. The molecule has 1 aromatic carbocycles. The van der Waals surface area contributed by atoms with Crippen molar-refractivity contribution in [1.82, 2.24) is 4.90 Å². The summed E-state index contributed by atoms with van der Waals surface area (Å²) in [4.78, 5) is 15.9. The zero-order valence-electron chi connectivity index (χ0n) is 11.5. The Labute approximate surface area is 132 Å². The van der Waals surface area contributed by atoms with Crippen molar-refractivity contribution in [2.24, 2.45) is 0 Å². The molecule has 0 radical (unpaired) electrons. The second-order valence-corrected chi connectivity index (χ2v) is 6.26. The quantitative estimate of drug-likeness (QED) is 0.799. The molecular formula is C16H13ClN2OS. The molecule has 2 aliphatic heterocycles. The van der Waals surface area contributed by atoms with Crippen LogP contribution >= 0.6 is 23.4 Å². The van der Waals surface area contributed by atoms with Crippen LogP contribution in [0.3, 0.4) is 0 Å². The molecule has 5 heteroatoms. The van der Waals surface area contributed by atoms with E-state index in [1.54, 1.807) is 36.0 Å². The minimum atomic E-state index is -0.304. The second kappa shape index (κ2) is 5.59. The molecule has 3 rings (SSSR count). The van der Waals surface area contributed by atoms with Gasteiger partial charge in [-0.05, 0) is 36.6 Å². The molecule has 2 heterocycles. The van der Waals surface area contributed by atoms with E-state index in [1.165, 1.54) is 0 Å². The summed E-state index contributed by atoms with van der Waals surface area (Å²) < 4.78 is 0. The molecule has 0 saturated carbocycles. The van der Waals surface area contributed by atoms with Gasteiger partial charge >= 0.3 is 0 Å². The number of fused-ring (bicyclic) bond motifs is 1. The standard InChI is InChI=1S/C16H13ClN2OS/c1-21-14-8-13-11(9-18)6-7-19(13)15(14)16(20)10-2-4-12(17)5-3-10/h2-5,8,15H,6-7H2,1H3. The van der Waals surface area contributed by atoms with Crippen LogP contribution in [0.4, 0.5) is 0 Å². The highest BCUT2D eigenvalue weighted by Crippen LogP contribution is 2.40. The van der Waals surface area contributed by atoms with Gasteiger partial charge in [0.15, 0.2) is 5.78 Å². The Morgan fingerprint density at radius 1 is 1.43 bits per heavy atom. The lowest BCUT2D eigenvalue weighted by molar-refractivity contribution is 0.0914. The normalized spacial score (nSPS) is 20.3. The molecule has 1 unspecified atom stereocenters. The Bertz CT molecular complexity index is 700. The van der Waals surface area contributed by atoms with Crippen molar-refractivity contribution in [2.45, 2.75) is 12.5 Å². The lowest BCUT2D eigenvalue weighted by atomic mass is 10.0. The first-order valence-corrected chi connectivity index (χ1v) is 8.21. The third kappa shape index (κ3) is 2.37. The van der Waals surface area contributed by atoms with Gasteiger partial charge in [-0.25, -0.2) is 0 Å². The third-order valence-electron chi connectivity index (χ3n) is 3.83. The van der Waals surface area contributed by atoms with Crippen molar-refractivity contribution in [3.63, 3.8) is 0 Å². The summed E-state index contributed by atoms with van der Waals surface area (Å²) in [6, 6.07) is 8.91. The van der Waals surface area contributed by atoms with Crippen LogP contribution in [0, 0.1) is 11.3 Å². The molecule has 0 aromatic heterocycles. The Balaban J connectivity index is 1.97. The first-order chi connectivity index (χ1) is 10.2. The number of Topliss-reactive ketones (excluding diaryl/α,β-unsaturated/α-hetero) is 1. The molecule has 0 fully saturated rings. The summed E-state index contributed by atoms with van der Waals surface area (Å²) in [5.74, 6) is 0.0569. The number of rotatable bonds is 3. The third-order valence-corrected chi connectivity index (χ3v) is 4.89. The molecule has 106 valence electrons. The fourth-order valence-electron chi connectivity index (χ4n) is 2.79. The fourth-order valence-corrected chi connectivity index (χ4v) is 3.60. The maximum atomic E-state index is 12.8. The summed E-state index contributed by atoms with van der Waals surface area (Å²) in [6.07, 6.45) is 4.66. The van der Waals surface area contributed by atoms with Crippen LogP contribution in [0.5, 0.6) is 0 Å². The Morgan fingerprint density at radius 3 is 2.76 bits per heavy atom. The highest BCUT2D eigenvalue weighted by molar-refractivity contribution is 8.02. The van der Waals surface area contributed by atoms with Gasteiger partial charge in [-0.1, -0.05) is 11.6 Å². The van der Waals surface area contributed by atoms with Gasteiger partial charge < -0.3 is 4.90 Å². The Morgan fingerprint density at radius 2 is 2.14 bits per heavy atom. The SMILES string of the molecule is CSC1=CC2=C(C#N)CCN2C1C(=O)c1ccc(Cl)cc1. The van der Waals surface area contributed by atoms with Gasteiger partial charge in [-0.2, -0.15) is 5.26 Å². The van der Waals surface area contributed by atoms with Crippen molar-refractivity contribution in [2.75, 3.05) is 12.8 Å². The number of ketones is 1. The minimum absolute atomic E-state index is 0.0569. The van der Waals surface area contributed by atoms with Crippen LogP contribution < -0.4 is 0 Å². The van der Waals surface area contributed by atoms with Crippen LogP contribution in [-0.4, -0.2) is 29.5 Å². The molecule has 0 amide bonds. The number of allylic oxidation sites excluding steroid dienone is 1. The second-order valence-electron chi connectivity index (χ2n) is 4.94. The molecule has 0 saturated heterocycles. The van der Waals surface area contributed by atoms with Crippen LogP contribution in [-0.2, 0) is 0 Å². The monoisotopic (exact) mass is 316 g/mol. The van der Waals surface area contributed by atoms with Gasteiger partial charge in [0.25, 0.3) is 0 Å². The van der Waals surface area contributed by atoms with Crippen molar-refractivity contribution < 1.29 is 4.79 Å². The molecule has 1 atom stereocenters. The Kier molecular flexibility index (Phi) is 3.79. The number of halogens is 1. The van der Waals surface area contributed by atoms with Crippen LogP contribution in [0.15, 0.2) is 46.5 Å². The maximum absolute atomic E-state index is 12.8. The zero-order chi connectivity index (χ0) is 15.0. The summed E-state index contributed by atoms with van der Waals surface area (Å²) in [5, 5.41) is 9.79. The topological polar surface area (TPSA) is 44.1 Å². The predicted molar refractivity (Wildman–Crippen MR) is 85.1 cm³/mol. The fraction of sp³-hybridized carbons (Fsp3) is 0.250. The molecule has 21 heavy (non-hydrogen) atoms. The first kappa shape index (κ1) is 14.2. The minimum Gasteiger partial charge on any atom is -0.356 e. The Hall–Kier alpha value is -1.70. The summed E-state index contributed by atoms with van der Waals surface area (Å²) in [6.45, 7) is 0.725. The molecule has 0 aliphatic carbocycles. The molecular weight excluding hydrogens is 304 g/mol. The van der Waals surface area contributed by atoms with E-state index in [4.69, 9.17) is 11.6 Å². The summed E-state index contributed by atoms with van der Waals surface area (Å²) in [5.41, 5.74) is 2.33. The molecule has 0 N–H and O–H groups in total. The van der Waals surface area contributed by atoms with Crippen LogP contribution in [0.25, 0.3) is 0 Å². The van der Waals surface area contributed by atoms with E-state index in [-0.39, 0.29) is 11.8 Å². The number of benzene rings is 1. The van der Waals surface area contributed by atoms with Crippen molar-refractivity contribution in [1.29, 1.82) is 5.26 Å². The molecule has 0 bridgehead atoms. The number of carbonyl (C=O) groups excluding carboxylic acids is 1. The van der Waals surface area contributed by atoms with Gasteiger partial charge in [-0.3, -0.25) is 4.79 Å². The van der Waals surface area contributed by atoms with E-state index >= 15 is 0 Å². The molecule has 0 spiro atoms. The number of hydrogen-bond donors (Lipinski definition) is 0. The van der Waals surface area contributed by atoms with E-state index in [0.717, 1.165) is 22.7 Å². The smallest absolute Gasteiger partial charge is 0.190 e. The average Bonchev–Trinajstić information content (AvgIpc) is 3.05. The van der Waals surface area contributed by atoms with E-state index in [2.05, 4.69) is 6.07 Å². The number of carbonyl (C=O) groups is 1. The number of thioether (sulfide) groups is 1. The lowest BCUT2D eigenvalue weighted by Gasteiger charge is -2.25. The van der Waals surface area contributed by atoms with E-state index in [9.17, 15) is 10.1 Å².